The Bertz CT molecular complexity index is 627. The van der Waals surface area contributed by atoms with Crippen molar-refractivity contribution < 1.29 is 4.39 Å². The van der Waals surface area contributed by atoms with Gasteiger partial charge in [0.1, 0.15) is 5.82 Å². The number of nitrogens with one attached hydrogen (secondary N) is 1. The smallest absolute Gasteiger partial charge is 0.194 e. The summed E-state index contributed by atoms with van der Waals surface area (Å²) < 4.78 is 13.2. The van der Waals surface area contributed by atoms with Crippen LogP contribution >= 0.6 is 0 Å². The van der Waals surface area contributed by atoms with E-state index < -0.39 is 0 Å². The Hall–Kier alpha value is -1.86. The molecule has 29 heavy (non-hydrogen) atoms. The zero-order chi connectivity index (χ0) is 20.5. The van der Waals surface area contributed by atoms with Gasteiger partial charge < -0.3 is 24.9 Å². The molecule has 162 valence electrons. The molecule has 3 rings (SSSR count). The molecule has 1 N–H and O–H groups in total. The maximum atomic E-state index is 13.2. The van der Waals surface area contributed by atoms with E-state index in [0.29, 0.717) is 0 Å². The van der Waals surface area contributed by atoms with E-state index in [2.05, 4.69) is 38.9 Å². The minimum Gasteiger partial charge on any atom is -0.368 e. The summed E-state index contributed by atoms with van der Waals surface area (Å²) in [6, 6.07) is 6.81. The van der Waals surface area contributed by atoms with E-state index in [0.717, 1.165) is 63.9 Å². The second-order valence-electron chi connectivity index (χ2n) is 8.04. The van der Waals surface area contributed by atoms with Crippen molar-refractivity contribution in [3.63, 3.8) is 0 Å². The second kappa shape index (κ2) is 11.4. The Labute approximate surface area is 175 Å². The number of aliphatic imine (C=N–C) groups is 1. The number of guanidine groups is 1. The molecule has 0 radical (unpaired) electrons. The summed E-state index contributed by atoms with van der Waals surface area (Å²) in [6.07, 6.45) is 2.37. The summed E-state index contributed by atoms with van der Waals surface area (Å²) in [4.78, 5) is 14.6. The number of anilines is 1. The molecular formula is C22H37FN6. The van der Waals surface area contributed by atoms with Crippen LogP contribution in [0, 0.1) is 5.82 Å². The van der Waals surface area contributed by atoms with Crippen LogP contribution in [0.4, 0.5) is 10.1 Å². The first kappa shape index (κ1) is 21.8. The first-order valence-electron chi connectivity index (χ1n) is 11.1. The normalized spacial score (nSPS) is 20.0. The van der Waals surface area contributed by atoms with Gasteiger partial charge in [0.05, 0.1) is 0 Å². The molecule has 2 saturated heterocycles. The lowest BCUT2D eigenvalue weighted by atomic mass is 10.2. The largest absolute Gasteiger partial charge is 0.368 e. The molecule has 0 aliphatic carbocycles. The van der Waals surface area contributed by atoms with E-state index in [9.17, 15) is 4.39 Å². The van der Waals surface area contributed by atoms with E-state index in [1.54, 1.807) is 0 Å². The molecule has 0 atom stereocenters. The number of rotatable bonds is 6. The molecule has 0 unspecified atom stereocenters. The SMILES string of the molecule is CCNC(=NCCCN1CCCN(C)CC1)N1CCN(c2ccc(F)cc2)CC1. The third-order valence-electron chi connectivity index (χ3n) is 5.81. The molecule has 2 aliphatic heterocycles. The van der Waals surface area contributed by atoms with Gasteiger partial charge in [0.2, 0.25) is 0 Å². The third kappa shape index (κ3) is 6.85. The molecule has 2 aliphatic rings. The van der Waals surface area contributed by atoms with Gasteiger partial charge in [-0.3, -0.25) is 4.99 Å². The highest BCUT2D eigenvalue weighted by Gasteiger charge is 2.20. The van der Waals surface area contributed by atoms with Gasteiger partial charge in [-0.2, -0.15) is 0 Å². The number of hydrogen-bond acceptors (Lipinski definition) is 4. The molecule has 0 amide bonds. The van der Waals surface area contributed by atoms with Gasteiger partial charge in [-0.15, -0.1) is 0 Å². The van der Waals surface area contributed by atoms with Crippen LogP contribution in [0.1, 0.15) is 19.8 Å². The first-order valence-corrected chi connectivity index (χ1v) is 11.1. The summed E-state index contributed by atoms with van der Waals surface area (Å²) in [5.41, 5.74) is 1.09. The highest BCUT2D eigenvalue weighted by Crippen LogP contribution is 2.17. The highest BCUT2D eigenvalue weighted by atomic mass is 19.1. The van der Waals surface area contributed by atoms with Crippen molar-refractivity contribution in [3.05, 3.63) is 30.1 Å². The monoisotopic (exact) mass is 404 g/mol. The van der Waals surface area contributed by atoms with E-state index in [1.165, 1.54) is 44.7 Å². The molecule has 2 heterocycles. The quantitative estimate of drug-likeness (QED) is 0.446. The van der Waals surface area contributed by atoms with Gasteiger partial charge in [0, 0.05) is 58.0 Å². The van der Waals surface area contributed by atoms with Gasteiger partial charge in [-0.25, -0.2) is 4.39 Å². The lowest BCUT2D eigenvalue weighted by Crippen LogP contribution is -2.52. The Morgan fingerprint density at radius 3 is 2.48 bits per heavy atom. The predicted octanol–water partition coefficient (Wildman–Crippen LogP) is 1.94. The number of piperazine rings is 1. The molecular weight excluding hydrogens is 367 g/mol. The van der Waals surface area contributed by atoms with Crippen LogP contribution in [0.3, 0.4) is 0 Å². The fourth-order valence-corrected chi connectivity index (χ4v) is 4.06. The van der Waals surface area contributed by atoms with Gasteiger partial charge in [-0.05, 0) is 70.7 Å². The van der Waals surface area contributed by atoms with E-state index >= 15 is 0 Å². The van der Waals surface area contributed by atoms with E-state index in [4.69, 9.17) is 4.99 Å². The van der Waals surface area contributed by atoms with Crippen LogP contribution in [0.25, 0.3) is 0 Å². The number of hydrogen-bond donors (Lipinski definition) is 1. The van der Waals surface area contributed by atoms with Crippen molar-refractivity contribution in [1.82, 2.24) is 20.0 Å². The molecule has 0 saturated carbocycles. The van der Waals surface area contributed by atoms with Crippen molar-refractivity contribution in [2.75, 3.05) is 83.9 Å². The van der Waals surface area contributed by atoms with Crippen LogP contribution < -0.4 is 10.2 Å². The zero-order valence-corrected chi connectivity index (χ0v) is 18.1. The van der Waals surface area contributed by atoms with Crippen molar-refractivity contribution in [1.29, 1.82) is 0 Å². The molecule has 1 aromatic carbocycles. The minimum absolute atomic E-state index is 0.179. The molecule has 1 aromatic rings. The van der Waals surface area contributed by atoms with Crippen LogP contribution in [-0.4, -0.2) is 99.7 Å². The molecule has 6 nitrogen and oxygen atoms in total. The van der Waals surface area contributed by atoms with E-state index in [1.807, 2.05) is 12.1 Å². The highest BCUT2D eigenvalue weighted by molar-refractivity contribution is 5.80. The minimum atomic E-state index is -0.179. The lowest BCUT2D eigenvalue weighted by Gasteiger charge is -2.37. The Balaban J connectivity index is 1.44. The van der Waals surface area contributed by atoms with Crippen molar-refractivity contribution in [2.24, 2.45) is 4.99 Å². The number of nitrogens with zero attached hydrogens (tertiary/aromatic N) is 5. The number of likely N-dealkylation sites (N-methyl/N-ethyl adjacent to an activating group) is 1. The molecule has 2 fully saturated rings. The van der Waals surface area contributed by atoms with Gasteiger partial charge in [-0.1, -0.05) is 0 Å². The van der Waals surface area contributed by atoms with E-state index in [-0.39, 0.29) is 5.82 Å². The summed E-state index contributed by atoms with van der Waals surface area (Å²) in [6.45, 7) is 13.5. The molecule has 0 aromatic heterocycles. The van der Waals surface area contributed by atoms with Crippen molar-refractivity contribution >= 4 is 11.6 Å². The standard InChI is InChI=1S/C22H37FN6/c1-3-24-22(25-10-4-12-27-13-5-11-26(2)14-15-27)29-18-16-28(17-19-29)21-8-6-20(23)7-9-21/h6-9H,3-5,10-19H2,1-2H3,(H,24,25). The zero-order valence-electron chi connectivity index (χ0n) is 18.1. The fraction of sp³-hybridized carbons (Fsp3) is 0.682. The summed E-state index contributed by atoms with van der Waals surface area (Å²) in [5, 5.41) is 3.46. The van der Waals surface area contributed by atoms with Crippen LogP contribution in [0.2, 0.25) is 0 Å². The van der Waals surface area contributed by atoms with Crippen LogP contribution in [0.15, 0.2) is 29.3 Å². The Kier molecular flexibility index (Phi) is 8.55. The average Bonchev–Trinajstić information content (AvgIpc) is 2.95. The maximum Gasteiger partial charge on any atom is 0.194 e. The topological polar surface area (TPSA) is 37.4 Å². The molecule has 0 spiro atoms. The summed E-state index contributed by atoms with van der Waals surface area (Å²) in [5.74, 6) is 0.850. The van der Waals surface area contributed by atoms with Gasteiger partial charge >= 0.3 is 0 Å². The second-order valence-corrected chi connectivity index (χ2v) is 8.04. The van der Waals surface area contributed by atoms with Crippen LogP contribution in [-0.2, 0) is 0 Å². The average molecular weight is 405 g/mol. The van der Waals surface area contributed by atoms with Gasteiger partial charge in [0.25, 0.3) is 0 Å². The lowest BCUT2D eigenvalue weighted by molar-refractivity contribution is 0.274. The fourth-order valence-electron chi connectivity index (χ4n) is 4.06. The maximum absolute atomic E-state index is 13.2. The van der Waals surface area contributed by atoms with Crippen LogP contribution in [0.5, 0.6) is 0 Å². The number of benzene rings is 1. The summed E-state index contributed by atoms with van der Waals surface area (Å²) in [7, 11) is 2.21. The number of halogens is 1. The molecule has 7 heteroatoms. The van der Waals surface area contributed by atoms with Crippen molar-refractivity contribution in [3.8, 4) is 0 Å². The van der Waals surface area contributed by atoms with Gasteiger partial charge in [0.15, 0.2) is 5.96 Å². The first-order chi connectivity index (χ1) is 14.2. The molecule has 0 bridgehead atoms. The third-order valence-corrected chi connectivity index (χ3v) is 5.81. The Morgan fingerprint density at radius 1 is 1.00 bits per heavy atom. The Morgan fingerprint density at radius 2 is 1.76 bits per heavy atom. The van der Waals surface area contributed by atoms with Crippen molar-refractivity contribution in [2.45, 2.75) is 19.8 Å². The predicted molar refractivity (Wildman–Crippen MR) is 119 cm³/mol. The summed E-state index contributed by atoms with van der Waals surface area (Å²) >= 11 is 0.